The highest BCUT2D eigenvalue weighted by Gasteiger charge is 2.31. The molecule has 0 aliphatic carbocycles. The number of aliphatic hydroxyl groups is 1. The number of halogens is 1. The number of nitrogens with zero attached hydrogens (tertiary/aromatic N) is 3. The number of nitrogens with one attached hydrogen (secondary N) is 3. The van der Waals surface area contributed by atoms with E-state index in [-0.39, 0.29) is 52.5 Å². The van der Waals surface area contributed by atoms with Crippen LogP contribution < -0.4 is 31.0 Å². The van der Waals surface area contributed by atoms with Crippen molar-refractivity contribution in [3.05, 3.63) is 87.5 Å². The van der Waals surface area contributed by atoms with Gasteiger partial charge in [-0.1, -0.05) is 0 Å². The summed E-state index contributed by atoms with van der Waals surface area (Å²) in [5, 5.41) is 22.2. The Morgan fingerprint density at radius 1 is 1.24 bits per heavy atom. The van der Waals surface area contributed by atoms with Gasteiger partial charge in [-0.2, -0.15) is 4.68 Å². The van der Waals surface area contributed by atoms with Crippen LogP contribution in [0.5, 0.6) is 17.2 Å². The summed E-state index contributed by atoms with van der Waals surface area (Å²) in [7, 11) is 2.42. The first-order valence-electron chi connectivity index (χ1n) is 12.3. The fourth-order valence-electron chi connectivity index (χ4n) is 4.15. The van der Waals surface area contributed by atoms with Crippen molar-refractivity contribution in [3.8, 4) is 23.1 Å². The number of rotatable bonds is 8. The van der Waals surface area contributed by atoms with E-state index in [2.05, 4.69) is 20.4 Å². The number of ether oxygens (including phenoxy) is 3. The second kappa shape index (κ2) is 12.7. The number of hydrogen-bond acceptors (Lipinski definition) is 10. The molecule has 4 aromatic rings. The molecular weight excluding hydrogens is 537 g/mol. The topological polar surface area (TPSA) is 190 Å². The van der Waals surface area contributed by atoms with E-state index in [0.29, 0.717) is 30.6 Å². The van der Waals surface area contributed by atoms with Crippen molar-refractivity contribution in [2.24, 2.45) is 5.73 Å². The van der Waals surface area contributed by atoms with Gasteiger partial charge < -0.3 is 30.4 Å². The number of methoxy groups -OCH3 is 1. The molecule has 214 valence electrons. The fraction of sp³-hybridized carbons (Fsp3) is 0.222. The molecule has 0 spiro atoms. The lowest BCUT2D eigenvalue weighted by molar-refractivity contribution is 0.112. The Balaban J connectivity index is 0.00000189. The molecule has 0 fully saturated rings. The molecule has 1 aliphatic heterocycles. The molecule has 14 heteroatoms. The van der Waals surface area contributed by atoms with Crippen molar-refractivity contribution in [3.63, 3.8) is 0 Å². The van der Waals surface area contributed by atoms with E-state index >= 15 is 4.39 Å². The molecule has 0 bridgehead atoms. The van der Waals surface area contributed by atoms with Crippen LogP contribution in [-0.4, -0.2) is 64.4 Å². The Hall–Kier alpha value is -5.24. The average Bonchev–Trinajstić information content (AvgIpc) is 3.21. The van der Waals surface area contributed by atoms with Crippen LogP contribution in [0.2, 0.25) is 0 Å². The van der Waals surface area contributed by atoms with Crippen LogP contribution in [-0.2, 0) is 0 Å². The van der Waals surface area contributed by atoms with Gasteiger partial charge >= 0.3 is 5.69 Å². The predicted octanol–water partition coefficient (Wildman–Crippen LogP) is 2.17. The normalized spacial score (nSPS) is 12.8. The van der Waals surface area contributed by atoms with E-state index in [1.54, 1.807) is 30.3 Å². The Labute approximate surface area is 233 Å². The van der Waals surface area contributed by atoms with Gasteiger partial charge in [-0.15, -0.1) is 5.10 Å². The first kappa shape index (κ1) is 28.8. The van der Waals surface area contributed by atoms with Gasteiger partial charge in [0, 0.05) is 36.5 Å². The molecule has 0 radical (unpaired) electrons. The molecule has 13 nitrogen and oxygen atoms in total. The van der Waals surface area contributed by atoms with Crippen LogP contribution >= 0.6 is 0 Å². The summed E-state index contributed by atoms with van der Waals surface area (Å²) in [6.45, 7) is 0.563. The van der Waals surface area contributed by atoms with Gasteiger partial charge in [0.2, 0.25) is 11.5 Å². The zero-order valence-corrected chi connectivity index (χ0v) is 22.2. The van der Waals surface area contributed by atoms with Crippen LogP contribution in [0.3, 0.4) is 0 Å². The highest BCUT2D eigenvalue weighted by Crippen LogP contribution is 2.45. The third kappa shape index (κ3) is 5.86. The van der Waals surface area contributed by atoms with Crippen molar-refractivity contribution in [1.82, 2.24) is 19.7 Å². The smallest absolute Gasteiger partial charge is 0.349 e. The molecule has 0 amide bonds. The minimum atomic E-state index is -1.07. The van der Waals surface area contributed by atoms with Gasteiger partial charge in [0.15, 0.2) is 29.5 Å². The standard InChI is InChI=1S/C26H24FN7O5.CH4O/c1-37-18-12-17(19(27)22-21(18)38-10-3-11-39-22)20(31-16-7-5-14(6-8-16)23(28)29)24-32-26(36)34(33-24)25-15(13-35)4-2-9-30-25;1-2/h2,4-9,12-13,20,31H,3,10-11H2,1H3,(H3,28,29)(H,32,33,36);2H,1H3. The predicted molar refractivity (Wildman–Crippen MR) is 147 cm³/mol. The monoisotopic (exact) mass is 565 g/mol. The van der Waals surface area contributed by atoms with Gasteiger partial charge in [-0.3, -0.25) is 15.2 Å². The highest BCUT2D eigenvalue weighted by molar-refractivity contribution is 5.95. The van der Waals surface area contributed by atoms with Gasteiger partial charge in [-0.05, 0) is 42.5 Å². The number of amidine groups is 1. The van der Waals surface area contributed by atoms with Gasteiger partial charge in [0.05, 0.1) is 25.9 Å². The zero-order valence-electron chi connectivity index (χ0n) is 22.2. The number of benzene rings is 2. The lowest BCUT2D eigenvalue weighted by Crippen LogP contribution is -2.18. The second-order valence-electron chi connectivity index (χ2n) is 8.52. The molecule has 1 aliphatic rings. The van der Waals surface area contributed by atoms with E-state index in [1.165, 1.54) is 25.4 Å². The second-order valence-corrected chi connectivity index (χ2v) is 8.52. The Morgan fingerprint density at radius 3 is 2.61 bits per heavy atom. The summed E-state index contributed by atoms with van der Waals surface area (Å²) < 4.78 is 33.9. The number of aromatic nitrogens is 4. The fourth-order valence-corrected chi connectivity index (χ4v) is 4.15. The maximum atomic E-state index is 16.1. The quantitative estimate of drug-likeness (QED) is 0.120. The van der Waals surface area contributed by atoms with Gasteiger partial charge in [0.1, 0.15) is 11.9 Å². The number of H-pyrrole nitrogens is 1. The average molecular weight is 566 g/mol. The van der Waals surface area contributed by atoms with Crippen molar-refractivity contribution in [2.75, 3.05) is 32.8 Å². The Morgan fingerprint density at radius 2 is 1.95 bits per heavy atom. The molecule has 2 aromatic carbocycles. The molecule has 1 unspecified atom stereocenters. The van der Waals surface area contributed by atoms with Crippen LogP contribution in [0.25, 0.3) is 5.82 Å². The first-order valence-corrected chi connectivity index (χ1v) is 12.3. The number of hydrogen-bond donors (Lipinski definition) is 5. The number of fused-ring (bicyclic) bond motifs is 1. The van der Waals surface area contributed by atoms with Crippen LogP contribution in [0.4, 0.5) is 10.1 Å². The van der Waals surface area contributed by atoms with Crippen molar-refractivity contribution < 1.29 is 28.5 Å². The van der Waals surface area contributed by atoms with E-state index in [0.717, 1.165) is 11.8 Å². The van der Waals surface area contributed by atoms with Crippen LogP contribution in [0.1, 0.15) is 39.8 Å². The van der Waals surface area contributed by atoms with Crippen LogP contribution in [0, 0.1) is 11.2 Å². The maximum Gasteiger partial charge on any atom is 0.349 e. The molecule has 0 saturated carbocycles. The molecule has 41 heavy (non-hydrogen) atoms. The number of aldehydes is 1. The molecule has 1 atom stereocenters. The summed E-state index contributed by atoms with van der Waals surface area (Å²) in [5.74, 6) is -0.542. The number of aromatic amines is 1. The molecule has 6 N–H and O–H groups in total. The zero-order chi connectivity index (χ0) is 29.5. The molecule has 3 heterocycles. The molecule has 2 aromatic heterocycles. The van der Waals surface area contributed by atoms with Crippen LogP contribution in [0.15, 0.2) is 53.5 Å². The number of carbonyl (C=O) groups excluding carboxylic acids is 1. The minimum absolute atomic E-state index is 0.0151. The Kier molecular flexibility index (Phi) is 8.94. The van der Waals surface area contributed by atoms with Gasteiger partial charge in [0.25, 0.3) is 0 Å². The van der Waals surface area contributed by atoms with E-state index in [1.807, 2.05) is 0 Å². The lowest BCUT2D eigenvalue weighted by Gasteiger charge is -2.22. The molecule has 0 saturated heterocycles. The van der Waals surface area contributed by atoms with Gasteiger partial charge in [-0.25, -0.2) is 14.2 Å². The summed E-state index contributed by atoms with van der Waals surface area (Å²) in [6, 6.07) is 9.98. The molecular formula is C27H28FN7O6. The summed E-state index contributed by atoms with van der Waals surface area (Å²) in [5.41, 5.74) is 6.07. The third-order valence-electron chi connectivity index (χ3n) is 6.04. The number of aliphatic hydroxyl groups excluding tert-OH is 1. The van der Waals surface area contributed by atoms with E-state index in [9.17, 15) is 9.59 Å². The van der Waals surface area contributed by atoms with E-state index in [4.69, 9.17) is 30.5 Å². The van der Waals surface area contributed by atoms with Crippen molar-refractivity contribution >= 4 is 17.8 Å². The largest absolute Gasteiger partial charge is 0.493 e. The van der Waals surface area contributed by atoms with E-state index < -0.39 is 17.5 Å². The van der Waals surface area contributed by atoms with Crippen molar-refractivity contribution in [2.45, 2.75) is 12.5 Å². The number of pyridine rings is 1. The van der Waals surface area contributed by atoms with Crippen molar-refractivity contribution in [1.29, 1.82) is 5.41 Å². The summed E-state index contributed by atoms with van der Waals surface area (Å²) >= 11 is 0. The highest BCUT2D eigenvalue weighted by atomic mass is 19.1. The SMILES string of the molecule is CO.COc1cc(C(Nc2ccc(C(=N)N)cc2)c2nn(-c3ncccc3C=O)c(=O)[nH]2)c(F)c2c1OCCCO2. The number of carbonyl (C=O) groups is 1. The molecule has 5 rings (SSSR count). The number of nitrogen functional groups attached to an aromatic ring is 1. The number of anilines is 1. The first-order chi connectivity index (χ1) is 19.9. The Bertz CT molecular complexity index is 1600. The maximum absolute atomic E-state index is 16.1. The summed E-state index contributed by atoms with van der Waals surface area (Å²) in [6.07, 6.45) is 2.53. The minimum Gasteiger partial charge on any atom is -0.493 e. The summed E-state index contributed by atoms with van der Waals surface area (Å²) in [4.78, 5) is 31.3. The third-order valence-corrected chi connectivity index (χ3v) is 6.04. The lowest BCUT2D eigenvalue weighted by atomic mass is 10.0. The number of nitrogens with two attached hydrogens (primary N) is 1.